The molecule has 1 aromatic carbocycles. The van der Waals surface area contributed by atoms with Crippen LogP contribution in [0.15, 0.2) is 24.3 Å². The Morgan fingerprint density at radius 3 is 1.59 bits per heavy atom. The Labute approximate surface area is 267 Å². The molecule has 7 nitrogen and oxygen atoms in total. The SMILES string of the molecule is CCCCCCCCCCCCCCCCOC(=O)c1ccccc1C(=O)OC(CCC)S(=O)(=O)[O-].[K+]. The van der Waals surface area contributed by atoms with Crippen molar-refractivity contribution in [3.8, 4) is 0 Å². The molecule has 0 saturated carbocycles. The standard InChI is InChI=1S/C28H46O7S.K/c1-3-5-6-7-8-9-10-11-12-13-14-15-16-19-23-34-27(29)24-21-17-18-22-25(24)28(30)35-26(20-4-2)36(31,32)33;/h17-18,21-22,26H,3-16,19-20,23H2,1-2H3,(H,31,32,33);/q;+1/p-1. The molecule has 1 unspecified atom stereocenters. The number of hydrogen-bond donors (Lipinski definition) is 0. The van der Waals surface area contributed by atoms with Gasteiger partial charge in [-0.15, -0.1) is 0 Å². The van der Waals surface area contributed by atoms with Gasteiger partial charge in [0.15, 0.2) is 5.44 Å². The molecular formula is C28H45KO7S. The van der Waals surface area contributed by atoms with Gasteiger partial charge in [-0.1, -0.05) is 116 Å². The predicted octanol–water partition coefficient (Wildman–Crippen LogP) is 4.16. The Kier molecular flexibility index (Phi) is 22.3. The Morgan fingerprint density at radius 2 is 1.16 bits per heavy atom. The van der Waals surface area contributed by atoms with E-state index in [0.29, 0.717) is 6.42 Å². The number of esters is 2. The van der Waals surface area contributed by atoms with Crippen LogP contribution >= 0.6 is 0 Å². The molecule has 9 heteroatoms. The maximum absolute atomic E-state index is 12.5. The van der Waals surface area contributed by atoms with Crippen molar-refractivity contribution in [3.63, 3.8) is 0 Å². The Hall–Kier alpha value is -0.294. The number of carbonyl (C=O) groups excluding carboxylic acids is 2. The summed E-state index contributed by atoms with van der Waals surface area (Å²) in [5.74, 6) is -1.70. The van der Waals surface area contributed by atoms with E-state index in [0.717, 1.165) is 19.3 Å². The van der Waals surface area contributed by atoms with Crippen LogP contribution in [0.5, 0.6) is 0 Å². The fourth-order valence-corrected chi connectivity index (χ4v) is 4.79. The maximum Gasteiger partial charge on any atom is 1.00 e. The number of hydrogen-bond acceptors (Lipinski definition) is 7. The summed E-state index contributed by atoms with van der Waals surface area (Å²) in [6.07, 6.45) is 17.5. The smallest absolute Gasteiger partial charge is 0.745 e. The molecule has 1 rings (SSSR count). The number of carbonyl (C=O) groups is 2. The predicted molar refractivity (Wildman–Crippen MR) is 141 cm³/mol. The summed E-state index contributed by atoms with van der Waals surface area (Å²) >= 11 is 0. The van der Waals surface area contributed by atoms with E-state index in [1.165, 1.54) is 88.8 Å². The summed E-state index contributed by atoms with van der Waals surface area (Å²) in [5, 5.41) is 0. The second-order valence-corrected chi connectivity index (χ2v) is 10.9. The van der Waals surface area contributed by atoms with Crippen molar-refractivity contribution < 1.29 is 83.4 Å². The van der Waals surface area contributed by atoms with E-state index < -0.39 is 27.5 Å². The van der Waals surface area contributed by atoms with E-state index >= 15 is 0 Å². The van der Waals surface area contributed by atoms with Crippen molar-refractivity contribution >= 4 is 22.1 Å². The summed E-state index contributed by atoms with van der Waals surface area (Å²) < 4.78 is 44.3. The molecule has 0 aliphatic heterocycles. The van der Waals surface area contributed by atoms with Crippen LogP contribution in [0.1, 0.15) is 137 Å². The average Bonchev–Trinajstić information content (AvgIpc) is 2.85. The minimum atomic E-state index is -4.81. The molecule has 0 radical (unpaired) electrons. The molecule has 0 aromatic heterocycles. The van der Waals surface area contributed by atoms with Gasteiger partial charge in [-0.2, -0.15) is 0 Å². The van der Waals surface area contributed by atoms with Crippen molar-refractivity contribution in [2.75, 3.05) is 6.61 Å². The van der Waals surface area contributed by atoms with E-state index in [2.05, 4.69) is 6.92 Å². The van der Waals surface area contributed by atoms with Crippen LogP contribution in [0.4, 0.5) is 0 Å². The van der Waals surface area contributed by atoms with E-state index in [9.17, 15) is 22.6 Å². The van der Waals surface area contributed by atoms with Crippen molar-refractivity contribution in [1.82, 2.24) is 0 Å². The first-order valence-electron chi connectivity index (χ1n) is 13.7. The van der Waals surface area contributed by atoms with Crippen LogP contribution < -0.4 is 51.4 Å². The van der Waals surface area contributed by atoms with Crippen LogP contribution in [-0.2, 0) is 19.6 Å². The molecule has 206 valence electrons. The van der Waals surface area contributed by atoms with E-state index in [1.54, 1.807) is 13.0 Å². The van der Waals surface area contributed by atoms with Gasteiger partial charge in [0.1, 0.15) is 10.1 Å². The molecule has 0 aliphatic rings. The van der Waals surface area contributed by atoms with E-state index in [4.69, 9.17) is 9.47 Å². The van der Waals surface area contributed by atoms with Crippen LogP contribution in [-0.4, -0.2) is 37.0 Å². The number of rotatable bonds is 21. The van der Waals surface area contributed by atoms with Crippen molar-refractivity contribution in [2.24, 2.45) is 0 Å². The van der Waals surface area contributed by atoms with E-state index in [1.807, 2.05) is 0 Å². The summed E-state index contributed by atoms with van der Waals surface area (Å²) in [7, 11) is -4.81. The molecule has 0 fully saturated rings. The monoisotopic (exact) mass is 564 g/mol. The molecule has 0 N–H and O–H groups in total. The largest absolute Gasteiger partial charge is 1.00 e. The quantitative estimate of drug-likeness (QED) is 0.0954. The Bertz CT molecular complexity index is 858. The molecule has 0 saturated heterocycles. The fourth-order valence-electron chi connectivity index (χ4n) is 4.06. The molecule has 37 heavy (non-hydrogen) atoms. The molecule has 1 atom stereocenters. The number of unbranched alkanes of at least 4 members (excludes halogenated alkanes) is 13. The summed E-state index contributed by atoms with van der Waals surface area (Å²) in [6.45, 7) is 4.16. The fraction of sp³-hybridized carbons (Fsp3) is 0.714. The van der Waals surface area contributed by atoms with Gasteiger partial charge in [0, 0.05) is 0 Å². The topological polar surface area (TPSA) is 110 Å². The van der Waals surface area contributed by atoms with Gasteiger partial charge in [0.2, 0.25) is 0 Å². The van der Waals surface area contributed by atoms with Crippen LogP contribution in [0, 0.1) is 0 Å². The zero-order chi connectivity index (χ0) is 26.7. The maximum atomic E-state index is 12.5. The minimum Gasteiger partial charge on any atom is -0.745 e. The van der Waals surface area contributed by atoms with Gasteiger partial charge in [-0.05, 0) is 25.0 Å². The Morgan fingerprint density at radius 1 is 0.730 bits per heavy atom. The number of ether oxygens (including phenoxy) is 2. The van der Waals surface area contributed by atoms with Gasteiger partial charge in [0.25, 0.3) is 0 Å². The van der Waals surface area contributed by atoms with Gasteiger partial charge < -0.3 is 14.0 Å². The molecule has 1 aromatic rings. The minimum absolute atomic E-state index is 0. The first-order valence-corrected chi connectivity index (χ1v) is 15.2. The molecule has 0 spiro atoms. The third-order valence-electron chi connectivity index (χ3n) is 6.18. The summed E-state index contributed by atoms with van der Waals surface area (Å²) in [6, 6.07) is 5.88. The first-order chi connectivity index (χ1) is 17.3. The van der Waals surface area contributed by atoms with Crippen LogP contribution in [0.2, 0.25) is 0 Å². The summed E-state index contributed by atoms with van der Waals surface area (Å²) in [5.41, 5.74) is -1.91. The third kappa shape index (κ3) is 17.1. The second-order valence-electron chi connectivity index (χ2n) is 9.39. The van der Waals surface area contributed by atoms with E-state index in [-0.39, 0.29) is 75.5 Å². The zero-order valence-corrected chi connectivity index (χ0v) is 27.1. The Balaban J connectivity index is 0.0000130. The second kappa shape index (κ2) is 22.5. The first kappa shape index (κ1) is 36.7. The molecular weight excluding hydrogens is 519 g/mol. The third-order valence-corrected chi connectivity index (χ3v) is 7.16. The van der Waals surface area contributed by atoms with Crippen molar-refractivity contribution in [1.29, 1.82) is 0 Å². The number of benzene rings is 1. The van der Waals surface area contributed by atoms with Gasteiger partial charge in [0.05, 0.1) is 17.7 Å². The molecule has 0 heterocycles. The average molecular weight is 565 g/mol. The molecule has 0 bridgehead atoms. The molecule has 0 amide bonds. The van der Waals surface area contributed by atoms with Crippen LogP contribution in [0.25, 0.3) is 0 Å². The van der Waals surface area contributed by atoms with Crippen molar-refractivity contribution in [3.05, 3.63) is 35.4 Å². The summed E-state index contributed by atoms with van der Waals surface area (Å²) in [4.78, 5) is 25.0. The van der Waals surface area contributed by atoms with Gasteiger partial charge >= 0.3 is 63.3 Å². The van der Waals surface area contributed by atoms with Crippen LogP contribution in [0.3, 0.4) is 0 Å². The molecule has 0 aliphatic carbocycles. The van der Waals surface area contributed by atoms with Gasteiger partial charge in [-0.25, -0.2) is 18.0 Å². The zero-order valence-electron chi connectivity index (χ0n) is 23.2. The normalized spacial score (nSPS) is 12.0. The van der Waals surface area contributed by atoms with Gasteiger partial charge in [-0.3, -0.25) is 0 Å². The van der Waals surface area contributed by atoms with Crippen molar-refractivity contribution in [2.45, 2.75) is 122 Å².